The number of alkyl carbamates (subject to hydrolysis) is 1. The van der Waals surface area contributed by atoms with Crippen LogP contribution in [0.3, 0.4) is 0 Å². The van der Waals surface area contributed by atoms with Crippen molar-refractivity contribution < 1.29 is 28.7 Å². The van der Waals surface area contributed by atoms with Crippen LogP contribution in [0.4, 0.5) is 4.79 Å². The first-order valence-corrected chi connectivity index (χ1v) is 15.8. The number of carbonyl (C=O) groups excluding carboxylic acids is 4. The lowest BCUT2D eigenvalue weighted by Gasteiger charge is -2.27. The van der Waals surface area contributed by atoms with E-state index >= 15 is 0 Å². The van der Waals surface area contributed by atoms with Crippen LogP contribution in [0.2, 0.25) is 0 Å². The molecule has 3 atom stereocenters. The van der Waals surface area contributed by atoms with E-state index in [4.69, 9.17) is 9.47 Å². The molecule has 9 heteroatoms. The van der Waals surface area contributed by atoms with Crippen molar-refractivity contribution in [3.8, 4) is 0 Å². The molecule has 0 radical (unpaired) electrons. The lowest BCUT2D eigenvalue weighted by atomic mass is 10.00. The summed E-state index contributed by atoms with van der Waals surface area (Å²) in [6, 6.07) is 25.3. The van der Waals surface area contributed by atoms with E-state index < -0.39 is 47.6 Å². The highest BCUT2D eigenvalue weighted by Gasteiger charge is 2.31. The SMILES string of the molecule is CC(C)C[C@@H](NC(=O)[C@H](CCc1ccccc1)NC(=O)OC(C)(C)C)C(=O)N[C@@H](Cc1ccccc1)C(=O)OCc1ccccc1. The Morgan fingerprint density at radius 3 is 1.70 bits per heavy atom. The second-order valence-corrected chi connectivity index (χ2v) is 12.8. The molecule has 0 saturated heterocycles. The van der Waals surface area contributed by atoms with Crippen molar-refractivity contribution in [3.63, 3.8) is 0 Å². The van der Waals surface area contributed by atoms with Gasteiger partial charge < -0.3 is 25.4 Å². The Labute approximate surface area is 272 Å². The van der Waals surface area contributed by atoms with Crippen LogP contribution in [-0.2, 0) is 43.3 Å². The molecule has 0 saturated carbocycles. The Hall–Kier alpha value is -4.66. The molecule has 0 spiro atoms. The van der Waals surface area contributed by atoms with Gasteiger partial charge in [0.25, 0.3) is 0 Å². The highest BCUT2D eigenvalue weighted by molar-refractivity contribution is 5.93. The number of carbonyl (C=O) groups is 4. The number of ether oxygens (including phenoxy) is 2. The van der Waals surface area contributed by atoms with Crippen LogP contribution in [-0.4, -0.2) is 47.6 Å². The average Bonchev–Trinajstić information content (AvgIpc) is 3.01. The topological polar surface area (TPSA) is 123 Å². The molecule has 3 amide bonds. The molecule has 0 aliphatic heterocycles. The standard InChI is InChI=1S/C37H47N3O6/c1-26(2)23-31(38-33(41)30(40-36(44)46-37(3,4)5)22-21-27-15-9-6-10-16-27)34(42)39-32(24-28-17-11-7-12-18-28)35(43)45-25-29-19-13-8-14-20-29/h6-20,26,30-32H,21-25H2,1-5H3,(H,38,41)(H,39,42)(H,40,44)/t30-,31+,32-/m0/s1. The molecule has 0 fully saturated rings. The molecular formula is C37H47N3O6. The minimum atomic E-state index is -0.987. The molecule has 9 nitrogen and oxygen atoms in total. The summed E-state index contributed by atoms with van der Waals surface area (Å²) in [5.41, 5.74) is 1.91. The maximum Gasteiger partial charge on any atom is 0.408 e. The first-order chi connectivity index (χ1) is 21.9. The lowest BCUT2D eigenvalue weighted by Crippen LogP contribution is -2.56. The molecule has 46 heavy (non-hydrogen) atoms. The highest BCUT2D eigenvalue weighted by atomic mass is 16.6. The molecule has 246 valence electrons. The van der Waals surface area contributed by atoms with Crippen molar-refractivity contribution in [1.29, 1.82) is 0 Å². The monoisotopic (exact) mass is 629 g/mol. The number of hydrogen-bond acceptors (Lipinski definition) is 6. The fraction of sp³-hybridized carbons (Fsp3) is 0.405. The fourth-order valence-corrected chi connectivity index (χ4v) is 4.79. The summed E-state index contributed by atoms with van der Waals surface area (Å²) in [5.74, 6) is -1.58. The summed E-state index contributed by atoms with van der Waals surface area (Å²) in [4.78, 5) is 53.4. The van der Waals surface area contributed by atoms with Gasteiger partial charge in [-0.3, -0.25) is 9.59 Å². The number of amides is 3. The van der Waals surface area contributed by atoms with Gasteiger partial charge in [0.2, 0.25) is 11.8 Å². The van der Waals surface area contributed by atoms with Gasteiger partial charge in [0.15, 0.2) is 0 Å². The van der Waals surface area contributed by atoms with Crippen LogP contribution in [0.5, 0.6) is 0 Å². The van der Waals surface area contributed by atoms with E-state index in [1.165, 1.54) is 0 Å². The van der Waals surface area contributed by atoms with Crippen LogP contribution in [0.1, 0.15) is 64.2 Å². The van der Waals surface area contributed by atoms with Gasteiger partial charge in [-0.1, -0.05) is 105 Å². The quantitative estimate of drug-likeness (QED) is 0.191. The first-order valence-electron chi connectivity index (χ1n) is 15.8. The molecule has 0 aromatic heterocycles. The molecule has 0 heterocycles. The van der Waals surface area contributed by atoms with E-state index in [9.17, 15) is 19.2 Å². The second kappa shape index (κ2) is 17.7. The van der Waals surface area contributed by atoms with Crippen LogP contribution in [0.25, 0.3) is 0 Å². The van der Waals surface area contributed by atoms with Crippen molar-refractivity contribution in [2.75, 3.05) is 0 Å². The summed E-state index contributed by atoms with van der Waals surface area (Å²) in [6.07, 6.45) is 0.597. The summed E-state index contributed by atoms with van der Waals surface area (Å²) in [5, 5.41) is 8.37. The van der Waals surface area contributed by atoms with E-state index in [0.717, 1.165) is 16.7 Å². The minimum absolute atomic E-state index is 0.0373. The van der Waals surface area contributed by atoms with E-state index in [1.54, 1.807) is 20.8 Å². The van der Waals surface area contributed by atoms with Gasteiger partial charge in [-0.15, -0.1) is 0 Å². The van der Waals surface area contributed by atoms with Crippen molar-refractivity contribution in [1.82, 2.24) is 16.0 Å². The van der Waals surface area contributed by atoms with Gasteiger partial charge in [0, 0.05) is 6.42 Å². The zero-order valence-corrected chi connectivity index (χ0v) is 27.5. The Bertz CT molecular complexity index is 1390. The van der Waals surface area contributed by atoms with E-state index in [0.29, 0.717) is 12.8 Å². The van der Waals surface area contributed by atoms with Crippen molar-refractivity contribution in [3.05, 3.63) is 108 Å². The average molecular weight is 630 g/mol. The van der Waals surface area contributed by atoms with Gasteiger partial charge in [0.1, 0.15) is 30.3 Å². The normalized spacial score (nSPS) is 13.2. The Morgan fingerprint density at radius 2 is 1.15 bits per heavy atom. The zero-order valence-electron chi connectivity index (χ0n) is 27.5. The number of rotatable bonds is 15. The van der Waals surface area contributed by atoms with Crippen LogP contribution in [0, 0.1) is 5.92 Å². The third-order valence-corrected chi connectivity index (χ3v) is 7.02. The molecule has 3 aromatic rings. The van der Waals surface area contributed by atoms with Gasteiger partial charge >= 0.3 is 12.1 Å². The van der Waals surface area contributed by atoms with E-state index in [2.05, 4.69) is 16.0 Å². The second-order valence-electron chi connectivity index (χ2n) is 12.8. The maximum atomic E-state index is 13.8. The Kier molecular flexibility index (Phi) is 13.8. The molecule has 0 bridgehead atoms. The van der Waals surface area contributed by atoms with Crippen molar-refractivity contribution in [2.24, 2.45) is 5.92 Å². The third kappa shape index (κ3) is 13.1. The van der Waals surface area contributed by atoms with Gasteiger partial charge in [-0.25, -0.2) is 9.59 Å². The number of aryl methyl sites for hydroxylation is 1. The van der Waals surface area contributed by atoms with Gasteiger partial charge in [-0.05, 0) is 62.6 Å². The van der Waals surface area contributed by atoms with Crippen LogP contribution in [0.15, 0.2) is 91.0 Å². The smallest absolute Gasteiger partial charge is 0.408 e. The Morgan fingerprint density at radius 1 is 0.652 bits per heavy atom. The summed E-state index contributed by atoms with van der Waals surface area (Å²) in [6.45, 7) is 9.16. The van der Waals surface area contributed by atoms with Crippen molar-refractivity contribution in [2.45, 2.75) is 90.6 Å². The van der Waals surface area contributed by atoms with Crippen LogP contribution < -0.4 is 16.0 Å². The zero-order chi connectivity index (χ0) is 33.5. The first kappa shape index (κ1) is 35.8. The van der Waals surface area contributed by atoms with Crippen LogP contribution >= 0.6 is 0 Å². The Balaban J connectivity index is 1.77. The number of nitrogens with one attached hydrogen (secondary N) is 3. The molecule has 3 rings (SSSR count). The molecule has 3 aromatic carbocycles. The maximum absolute atomic E-state index is 13.8. The number of benzene rings is 3. The molecular weight excluding hydrogens is 582 g/mol. The molecule has 0 aliphatic carbocycles. The lowest BCUT2D eigenvalue weighted by molar-refractivity contribution is -0.149. The molecule has 3 N–H and O–H groups in total. The van der Waals surface area contributed by atoms with E-state index in [-0.39, 0.29) is 25.4 Å². The molecule has 0 unspecified atom stereocenters. The minimum Gasteiger partial charge on any atom is -0.459 e. The fourth-order valence-electron chi connectivity index (χ4n) is 4.79. The number of hydrogen-bond donors (Lipinski definition) is 3. The van der Waals surface area contributed by atoms with Gasteiger partial charge in [0.05, 0.1) is 0 Å². The number of esters is 1. The third-order valence-electron chi connectivity index (χ3n) is 7.02. The summed E-state index contributed by atoms with van der Waals surface area (Å²) < 4.78 is 11.0. The highest BCUT2D eigenvalue weighted by Crippen LogP contribution is 2.13. The predicted molar refractivity (Wildman–Crippen MR) is 178 cm³/mol. The largest absolute Gasteiger partial charge is 0.459 e. The van der Waals surface area contributed by atoms with Crippen molar-refractivity contribution >= 4 is 23.9 Å². The van der Waals surface area contributed by atoms with Gasteiger partial charge in [-0.2, -0.15) is 0 Å². The molecule has 0 aliphatic rings. The summed E-state index contributed by atoms with van der Waals surface area (Å²) in [7, 11) is 0. The summed E-state index contributed by atoms with van der Waals surface area (Å²) >= 11 is 0. The predicted octanol–water partition coefficient (Wildman–Crippen LogP) is 5.51. The van der Waals surface area contributed by atoms with E-state index in [1.807, 2.05) is 105 Å².